The highest BCUT2D eigenvalue weighted by molar-refractivity contribution is 9.10. The van der Waals surface area contributed by atoms with Crippen molar-refractivity contribution >= 4 is 39.0 Å². The van der Waals surface area contributed by atoms with E-state index < -0.39 is 11.6 Å². The number of amidine groups is 1. The Labute approximate surface area is 133 Å². The average molecular weight is 375 g/mol. The van der Waals surface area contributed by atoms with Gasteiger partial charge in [0, 0.05) is 21.7 Å². The van der Waals surface area contributed by atoms with E-state index in [2.05, 4.69) is 26.2 Å². The summed E-state index contributed by atoms with van der Waals surface area (Å²) in [6, 6.07) is 4.69. The van der Waals surface area contributed by atoms with Crippen molar-refractivity contribution in [1.82, 2.24) is 5.32 Å². The molecule has 1 aromatic rings. The van der Waals surface area contributed by atoms with Crippen LogP contribution in [0.2, 0.25) is 0 Å². The van der Waals surface area contributed by atoms with E-state index in [1.54, 1.807) is 12.1 Å². The highest BCUT2D eigenvalue weighted by Gasteiger charge is 2.49. The monoisotopic (exact) mass is 374 g/mol. The van der Waals surface area contributed by atoms with Crippen LogP contribution in [0.3, 0.4) is 0 Å². The van der Waals surface area contributed by atoms with E-state index in [1.165, 1.54) is 17.8 Å². The minimum absolute atomic E-state index is 0.0191. The van der Waals surface area contributed by atoms with Crippen molar-refractivity contribution in [3.8, 4) is 0 Å². The summed E-state index contributed by atoms with van der Waals surface area (Å²) in [7, 11) is 0. The summed E-state index contributed by atoms with van der Waals surface area (Å²) >= 11 is 4.66. The molecular weight excluding hydrogens is 363 g/mol. The zero-order chi connectivity index (χ0) is 15.0. The number of nitrogens with zero attached hydrogens (tertiary/aromatic N) is 1. The Morgan fingerprint density at radius 3 is 3.19 bits per heavy atom. The lowest BCUT2D eigenvalue weighted by molar-refractivity contribution is 0.176. The molecule has 21 heavy (non-hydrogen) atoms. The predicted octanol–water partition coefficient (Wildman–Crippen LogP) is 2.80. The molecule has 8 heteroatoms. The van der Waals surface area contributed by atoms with Gasteiger partial charge in [0.1, 0.15) is 11.4 Å². The first kappa shape index (κ1) is 14.8. The normalized spacial score (nSPS) is 27.9. The molecule has 0 saturated carbocycles. The zero-order valence-corrected chi connectivity index (χ0v) is 13.2. The van der Waals surface area contributed by atoms with Crippen molar-refractivity contribution in [1.29, 1.82) is 0 Å². The Bertz CT molecular complexity index is 627. The molecule has 1 saturated heterocycles. The maximum atomic E-state index is 14.3. The van der Waals surface area contributed by atoms with E-state index in [9.17, 15) is 9.18 Å². The largest absolute Gasteiger partial charge is 0.465 e. The molecule has 112 valence electrons. The standard InChI is InChI=1S/C13H12BrFN2O3S/c14-8-1-2-10(15)9(3-8)13-6-20-4-7(13)5-21-11(17-13)16-12(18)19/h1-3,7H,4-6H2,(H,16,17)(H,18,19). The van der Waals surface area contributed by atoms with Crippen molar-refractivity contribution in [3.63, 3.8) is 0 Å². The summed E-state index contributed by atoms with van der Waals surface area (Å²) in [4.78, 5) is 15.3. The molecular formula is C13H12BrFN2O3S. The van der Waals surface area contributed by atoms with E-state index in [4.69, 9.17) is 9.84 Å². The molecule has 3 rings (SSSR count). The number of benzene rings is 1. The fraction of sp³-hybridized carbons (Fsp3) is 0.385. The van der Waals surface area contributed by atoms with Gasteiger partial charge in [-0.2, -0.15) is 0 Å². The number of carboxylic acid groups (broad SMARTS) is 1. The van der Waals surface area contributed by atoms with Crippen LogP contribution in [0.1, 0.15) is 5.56 Å². The van der Waals surface area contributed by atoms with Gasteiger partial charge in [-0.15, -0.1) is 0 Å². The van der Waals surface area contributed by atoms with E-state index in [0.717, 1.165) is 4.47 Å². The Kier molecular flexibility index (Phi) is 3.94. The first-order valence-corrected chi connectivity index (χ1v) is 8.05. The van der Waals surface area contributed by atoms with Gasteiger partial charge in [0.15, 0.2) is 5.17 Å². The Balaban J connectivity index is 2.09. The number of amides is 1. The van der Waals surface area contributed by atoms with Gasteiger partial charge in [0.2, 0.25) is 0 Å². The highest BCUT2D eigenvalue weighted by atomic mass is 79.9. The van der Waals surface area contributed by atoms with Gasteiger partial charge in [-0.05, 0) is 18.2 Å². The number of hydrogen-bond donors (Lipinski definition) is 2. The number of halogens is 2. The smallest absolute Gasteiger partial charge is 0.410 e. The molecule has 0 bridgehead atoms. The number of nitrogens with one attached hydrogen (secondary N) is 1. The lowest BCUT2D eigenvalue weighted by atomic mass is 9.81. The summed E-state index contributed by atoms with van der Waals surface area (Å²) in [5.74, 6) is 0.287. The molecule has 2 atom stereocenters. The first-order chi connectivity index (χ1) is 10.0. The van der Waals surface area contributed by atoms with E-state index in [0.29, 0.717) is 17.9 Å². The topological polar surface area (TPSA) is 70.9 Å². The molecule has 2 aliphatic rings. The predicted molar refractivity (Wildman–Crippen MR) is 81.1 cm³/mol. The van der Waals surface area contributed by atoms with Gasteiger partial charge in [-0.1, -0.05) is 27.7 Å². The molecule has 0 radical (unpaired) electrons. The Morgan fingerprint density at radius 2 is 2.43 bits per heavy atom. The van der Waals surface area contributed by atoms with Crippen LogP contribution in [0, 0.1) is 11.7 Å². The minimum Gasteiger partial charge on any atom is -0.465 e. The molecule has 2 unspecified atom stereocenters. The number of aliphatic imine (C=N–C) groups is 1. The molecule has 0 spiro atoms. The number of ether oxygens (including phenoxy) is 1. The van der Waals surface area contributed by atoms with Gasteiger partial charge in [-0.3, -0.25) is 5.32 Å². The van der Waals surface area contributed by atoms with Gasteiger partial charge >= 0.3 is 6.09 Å². The van der Waals surface area contributed by atoms with Crippen LogP contribution in [-0.2, 0) is 10.3 Å². The SMILES string of the molecule is O=C(O)NC1=NC2(c3cc(Br)ccc3F)COCC2CS1. The zero-order valence-electron chi connectivity index (χ0n) is 10.8. The molecule has 1 fully saturated rings. The van der Waals surface area contributed by atoms with Gasteiger partial charge in [0.05, 0.1) is 13.2 Å². The fourth-order valence-corrected chi connectivity index (χ4v) is 4.14. The molecule has 5 nitrogen and oxygen atoms in total. The lowest BCUT2D eigenvalue weighted by Crippen LogP contribution is -2.42. The quantitative estimate of drug-likeness (QED) is 0.792. The summed E-state index contributed by atoms with van der Waals surface area (Å²) in [6.45, 7) is 0.735. The summed E-state index contributed by atoms with van der Waals surface area (Å²) in [6.07, 6.45) is -1.18. The van der Waals surface area contributed by atoms with Gasteiger partial charge < -0.3 is 9.84 Å². The first-order valence-electron chi connectivity index (χ1n) is 6.27. The summed E-state index contributed by atoms with van der Waals surface area (Å²) in [5.41, 5.74) is -0.430. The third-order valence-electron chi connectivity index (χ3n) is 3.65. The number of thioether (sulfide) groups is 1. The second-order valence-corrected chi connectivity index (χ2v) is 6.84. The highest BCUT2D eigenvalue weighted by Crippen LogP contribution is 2.45. The molecule has 2 aliphatic heterocycles. The van der Waals surface area contributed by atoms with Gasteiger partial charge in [0.25, 0.3) is 0 Å². The van der Waals surface area contributed by atoms with E-state index in [-0.39, 0.29) is 23.5 Å². The van der Waals surface area contributed by atoms with Crippen molar-refractivity contribution in [2.24, 2.45) is 10.9 Å². The maximum absolute atomic E-state index is 14.3. The second kappa shape index (κ2) is 5.58. The average Bonchev–Trinajstić information content (AvgIpc) is 2.84. The molecule has 2 heterocycles. The molecule has 0 aromatic heterocycles. The molecule has 0 aliphatic carbocycles. The number of fused-ring (bicyclic) bond motifs is 1. The molecule has 2 N–H and O–H groups in total. The van der Waals surface area contributed by atoms with Crippen molar-refractivity contribution in [2.45, 2.75) is 5.54 Å². The number of hydrogen-bond acceptors (Lipinski definition) is 4. The number of carbonyl (C=O) groups is 1. The summed E-state index contributed by atoms with van der Waals surface area (Å²) in [5, 5.41) is 11.4. The van der Waals surface area contributed by atoms with Crippen LogP contribution < -0.4 is 5.32 Å². The molecule has 1 aromatic carbocycles. The van der Waals surface area contributed by atoms with E-state index >= 15 is 0 Å². The second-order valence-electron chi connectivity index (χ2n) is 4.92. The lowest BCUT2D eigenvalue weighted by Gasteiger charge is -2.34. The van der Waals surface area contributed by atoms with Crippen LogP contribution in [-0.4, -0.2) is 35.3 Å². The van der Waals surface area contributed by atoms with Crippen molar-refractivity contribution in [2.75, 3.05) is 19.0 Å². The number of rotatable bonds is 1. The van der Waals surface area contributed by atoms with Crippen LogP contribution in [0.25, 0.3) is 0 Å². The van der Waals surface area contributed by atoms with Crippen molar-refractivity contribution < 1.29 is 19.0 Å². The Morgan fingerprint density at radius 1 is 1.62 bits per heavy atom. The van der Waals surface area contributed by atoms with Crippen LogP contribution in [0.5, 0.6) is 0 Å². The third kappa shape index (κ3) is 2.67. The fourth-order valence-electron chi connectivity index (χ4n) is 2.66. The van der Waals surface area contributed by atoms with Crippen LogP contribution in [0.15, 0.2) is 27.7 Å². The Hall–Kier alpha value is -1.12. The summed E-state index contributed by atoms with van der Waals surface area (Å²) < 4.78 is 20.6. The van der Waals surface area contributed by atoms with Crippen LogP contribution >= 0.6 is 27.7 Å². The van der Waals surface area contributed by atoms with Crippen molar-refractivity contribution in [3.05, 3.63) is 34.1 Å². The maximum Gasteiger partial charge on any atom is 0.410 e. The molecule has 1 amide bonds. The van der Waals surface area contributed by atoms with Gasteiger partial charge in [-0.25, -0.2) is 14.2 Å². The third-order valence-corrected chi connectivity index (χ3v) is 5.18. The minimum atomic E-state index is -1.18. The van der Waals surface area contributed by atoms with E-state index in [1.807, 2.05) is 0 Å². The van der Waals surface area contributed by atoms with Crippen LogP contribution in [0.4, 0.5) is 9.18 Å².